The van der Waals surface area contributed by atoms with E-state index in [9.17, 15) is 4.79 Å². The van der Waals surface area contributed by atoms with Crippen LogP contribution in [0.5, 0.6) is 5.75 Å². The van der Waals surface area contributed by atoms with E-state index in [1.54, 1.807) is 55.9 Å². The normalized spacial score (nSPS) is 10.2. The third-order valence-electron chi connectivity index (χ3n) is 3.05. The Morgan fingerprint density at radius 1 is 1.23 bits per heavy atom. The highest BCUT2D eigenvalue weighted by Crippen LogP contribution is 2.25. The van der Waals surface area contributed by atoms with E-state index in [1.807, 2.05) is 0 Å². The number of amides is 1. The molecule has 3 rings (SSSR count). The number of anilines is 1. The van der Waals surface area contributed by atoms with E-state index < -0.39 is 0 Å². The van der Waals surface area contributed by atoms with Crippen LogP contribution in [0.25, 0.3) is 11.3 Å². The van der Waals surface area contributed by atoms with Gasteiger partial charge in [-0.3, -0.25) is 9.78 Å². The Morgan fingerprint density at radius 2 is 2.05 bits per heavy atom. The van der Waals surface area contributed by atoms with Crippen molar-refractivity contribution >= 4 is 11.6 Å². The molecule has 110 valence electrons. The molecule has 6 nitrogen and oxygen atoms in total. The predicted molar refractivity (Wildman–Crippen MR) is 80.7 cm³/mol. The summed E-state index contributed by atoms with van der Waals surface area (Å²) in [5, 5.41) is 2.73. The lowest BCUT2D eigenvalue weighted by Gasteiger charge is -2.04. The van der Waals surface area contributed by atoms with Crippen molar-refractivity contribution in [1.29, 1.82) is 0 Å². The lowest BCUT2D eigenvalue weighted by atomic mass is 10.1. The molecule has 1 aromatic carbocycles. The Balaban J connectivity index is 1.86. The zero-order valence-corrected chi connectivity index (χ0v) is 11.8. The quantitative estimate of drug-likeness (QED) is 0.800. The molecule has 3 aromatic rings. The SMILES string of the molecule is COc1ccc(-c2ocnc2C(=O)Nc2cccnc2)cc1. The fraction of sp³-hybridized carbons (Fsp3) is 0.0625. The first kappa shape index (κ1) is 13.8. The molecule has 0 fully saturated rings. The van der Waals surface area contributed by atoms with Crippen LogP contribution < -0.4 is 10.1 Å². The van der Waals surface area contributed by atoms with Crippen molar-refractivity contribution in [2.75, 3.05) is 12.4 Å². The largest absolute Gasteiger partial charge is 0.497 e. The molecule has 0 aliphatic heterocycles. The van der Waals surface area contributed by atoms with Gasteiger partial charge in [-0.05, 0) is 36.4 Å². The standard InChI is InChI=1S/C16H13N3O3/c1-21-13-6-4-11(5-7-13)15-14(18-10-22-15)16(20)19-12-3-2-8-17-9-12/h2-10H,1H3,(H,19,20). The number of rotatable bonds is 4. The van der Waals surface area contributed by atoms with E-state index in [0.717, 1.165) is 11.3 Å². The summed E-state index contributed by atoms with van der Waals surface area (Å²) in [6, 6.07) is 10.7. The van der Waals surface area contributed by atoms with Gasteiger partial charge in [0, 0.05) is 11.8 Å². The third kappa shape index (κ3) is 2.80. The van der Waals surface area contributed by atoms with Gasteiger partial charge in [0.15, 0.2) is 17.8 Å². The van der Waals surface area contributed by atoms with Gasteiger partial charge in [0.1, 0.15) is 5.75 Å². The summed E-state index contributed by atoms with van der Waals surface area (Å²) in [6.07, 6.45) is 4.44. The van der Waals surface area contributed by atoms with E-state index >= 15 is 0 Å². The summed E-state index contributed by atoms with van der Waals surface area (Å²) in [7, 11) is 1.59. The van der Waals surface area contributed by atoms with Gasteiger partial charge in [-0.15, -0.1) is 0 Å². The van der Waals surface area contributed by atoms with Gasteiger partial charge in [-0.25, -0.2) is 4.98 Å². The third-order valence-corrected chi connectivity index (χ3v) is 3.05. The highest BCUT2D eigenvalue weighted by atomic mass is 16.5. The number of carbonyl (C=O) groups is 1. The molecule has 0 atom stereocenters. The summed E-state index contributed by atoms with van der Waals surface area (Å²) in [6.45, 7) is 0. The summed E-state index contributed by atoms with van der Waals surface area (Å²) >= 11 is 0. The van der Waals surface area contributed by atoms with Crippen LogP contribution in [0, 0.1) is 0 Å². The lowest BCUT2D eigenvalue weighted by Crippen LogP contribution is -2.13. The molecule has 0 radical (unpaired) electrons. The molecule has 0 spiro atoms. The number of hydrogen-bond acceptors (Lipinski definition) is 5. The van der Waals surface area contributed by atoms with Crippen LogP contribution in [0.1, 0.15) is 10.5 Å². The number of benzene rings is 1. The number of nitrogens with one attached hydrogen (secondary N) is 1. The van der Waals surface area contributed by atoms with Gasteiger partial charge in [0.2, 0.25) is 0 Å². The van der Waals surface area contributed by atoms with Gasteiger partial charge in [0.05, 0.1) is 19.0 Å². The van der Waals surface area contributed by atoms with E-state index in [4.69, 9.17) is 9.15 Å². The fourth-order valence-corrected chi connectivity index (χ4v) is 1.98. The van der Waals surface area contributed by atoms with Crippen molar-refractivity contribution in [3.05, 3.63) is 60.9 Å². The Bertz CT molecular complexity index is 767. The number of ether oxygens (including phenoxy) is 1. The zero-order valence-electron chi connectivity index (χ0n) is 11.8. The first-order valence-electron chi connectivity index (χ1n) is 6.57. The van der Waals surface area contributed by atoms with Crippen LogP contribution in [0.2, 0.25) is 0 Å². The predicted octanol–water partition coefficient (Wildman–Crippen LogP) is 3.00. The first-order chi connectivity index (χ1) is 10.8. The second-order valence-electron chi connectivity index (χ2n) is 4.45. The van der Waals surface area contributed by atoms with Crippen LogP contribution >= 0.6 is 0 Å². The van der Waals surface area contributed by atoms with Crippen molar-refractivity contribution < 1.29 is 13.9 Å². The summed E-state index contributed by atoms with van der Waals surface area (Å²) in [4.78, 5) is 20.3. The minimum absolute atomic E-state index is 0.217. The average molecular weight is 295 g/mol. The topological polar surface area (TPSA) is 77.2 Å². The van der Waals surface area contributed by atoms with Crippen LogP contribution in [0.3, 0.4) is 0 Å². The van der Waals surface area contributed by atoms with E-state index in [-0.39, 0.29) is 11.6 Å². The number of nitrogens with zero attached hydrogens (tertiary/aromatic N) is 2. The molecule has 0 bridgehead atoms. The minimum Gasteiger partial charge on any atom is -0.497 e. The summed E-state index contributed by atoms with van der Waals surface area (Å²) < 4.78 is 10.5. The zero-order chi connectivity index (χ0) is 15.4. The van der Waals surface area contributed by atoms with E-state index in [0.29, 0.717) is 11.4 Å². The molecule has 0 saturated heterocycles. The number of pyridine rings is 1. The molecule has 22 heavy (non-hydrogen) atoms. The maximum atomic E-state index is 12.3. The number of aromatic nitrogens is 2. The van der Waals surface area contributed by atoms with Gasteiger partial charge in [-0.2, -0.15) is 0 Å². The molecule has 2 heterocycles. The average Bonchev–Trinajstić information content (AvgIpc) is 3.05. The number of hydrogen-bond donors (Lipinski definition) is 1. The van der Waals surface area contributed by atoms with Crippen molar-refractivity contribution in [1.82, 2.24) is 9.97 Å². The highest BCUT2D eigenvalue weighted by Gasteiger charge is 2.18. The molecular weight excluding hydrogens is 282 g/mol. The molecule has 0 aliphatic carbocycles. The van der Waals surface area contributed by atoms with Gasteiger partial charge < -0.3 is 14.5 Å². The molecule has 1 N–H and O–H groups in total. The van der Waals surface area contributed by atoms with Crippen LogP contribution in [0.15, 0.2) is 59.6 Å². The summed E-state index contributed by atoms with van der Waals surface area (Å²) in [5.74, 6) is 0.779. The lowest BCUT2D eigenvalue weighted by molar-refractivity contribution is 0.102. The smallest absolute Gasteiger partial charge is 0.278 e. The van der Waals surface area contributed by atoms with Gasteiger partial charge >= 0.3 is 0 Å². The fourth-order valence-electron chi connectivity index (χ4n) is 1.98. The molecule has 0 aliphatic rings. The van der Waals surface area contributed by atoms with E-state index in [2.05, 4.69) is 15.3 Å². The number of methoxy groups -OCH3 is 1. The molecule has 0 saturated carbocycles. The maximum Gasteiger partial charge on any atom is 0.278 e. The van der Waals surface area contributed by atoms with Crippen LogP contribution in [-0.4, -0.2) is 23.0 Å². The number of carbonyl (C=O) groups excluding carboxylic acids is 1. The van der Waals surface area contributed by atoms with Crippen molar-refractivity contribution in [2.45, 2.75) is 0 Å². The van der Waals surface area contributed by atoms with Crippen LogP contribution in [0.4, 0.5) is 5.69 Å². The van der Waals surface area contributed by atoms with Gasteiger partial charge in [0.25, 0.3) is 5.91 Å². The Labute approximate surface area is 126 Å². The highest BCUT2D eigenvalue weighted by molar-refractivity contribution is 6.06. The second kappa shape index (κ2) is 6.09. The maximum absolute atomic E-state index is 12.3. The van der Waals surface area contributed by atoms with Crippen LogP contribution in [-0.2, 0) is 0 Å². The first-order valence-corrected chi connectivity index (χ1v) is 6.57. The molecule has 1 amide bonds. The Hall–Kier alpha value is -3.15. The molecular formula is C16H13N3O3. The van der Waals surface area contributed by atoms with E-state index in [1.165, 1.54) is 6.39 Å². The summed E-state index contributed by atoms with van der Waals surface area (Å²) in [5.41, 5.74) is 1.56. The van der Waals surface area contributed by atoms with Crippen molar-refractivity contribution in [3.63, 3.8) is 0 Å². The van der Waals surface area contributed by atoms with Gasteiger partial charge in [-0.1, -0.05) is 0 Å². The molecule has 0 unspecified atom stereocenters. The molecule has 2 aromatic heterocycles. The monoisotopic (exact) mass is 295 g/mol. The van der Waals surface area contributed by atoms with Crippen molar-refractivity contribution in [3.8, 4) is 17.1 Å². The Morgan fingerprint density at radius 3 is 2.73 bits per heavy atom. The molecule has 6 heteroatoms. The number of oxazole rings is 1. The van der Waals surface area contributed by atoms with Crippen molar-refractivity contribution in [2.24, 2.45) is 0 Å². The Kier molecular flexibility index (Phi) is 3.82. The minimum atomic E-state index is -0.354. The second-order valence-corrected chi connectivity index (χ2v) is 4.45.